The van der Waals surface area contributed by atoms with Crippen molar-refractivity contribution in [3.8, 4) is 0 Å². The van der Waals surface area contributed by atoms with Crippen LogP contribution in [0.2, 0.25) is 20.1 Å². The van der Waals surface area contributed by atoms with Gasteiger partial charge in [0, 0.05) is 18.1 Å². The number of aryl methyl sites for hydroxylation is 1. The Kier molecular flexibility index (Phi) is 12.0. The molecular weight excluding hydrogens is 640 g/mol. The van der Waals surface area contributed by atoms with Gasteiger partial charge in [-0.3, -0.25) is 13.9 Å². The quantitative estimate of drug-likeness (QED) is 0.218. The summed E-state index contributed by atoms with van der Waals surface area (Å²) in [6.45, 7) is 7.28. The molecular formula is C30H33Cl4N3O4S. The Labute approximate surface area is 267 Å². The number of nitrogens with zero attached hydrogens (tertiary/aromatic N) is 2. The minimum Gasteiger partial charge on any atom is -0.354 e. The summed E-state index contributed by atoms with van der Waals surface area (Å²) in [4.78, 5) is 28.8. The lowest BCUT2D eigenvalue weighted by molar-refractivity contribution is -0.140. The maximum absolute atomic E-state index is 14.2. The normalized spacial score (nSPS) is 12.2. The van der Waals surface area contributed by atoms with Gasteiger partial charge >= 0.3 is 0 Å². The highest BCUT2D eigenvalue weighted by atomic mass is 35.5. The molecule has 3 aromatic rings. The van der Waals surface area contributed by atoms with Crippen LogP contribution < -0.4 is 9.62 Å². The van der Waals surface area contributed by atoms with Gasteiger partial charge in [0.15, 0.2) is 0 Å². The zero-order chi connectivity index (χ0) is 31.2. The minimum atomic E-state index is -4.29. The minimum absolute atomic E-state index is 0.0228. The Morgan fingerprint density at radius 3 is 2.12 bits per heavy atom. The van der Waals surface area contributed by atoms with Crippen LogP contribution in [-0.4, -0.2) is 44.3 Å². The van der Waals surface area contributed by atoms with E-state index in [0.29, 0.717) is 17.1 Å². The molecule has 1 unspecified atom stereocenters. The Bertz CT molecular complexity index is 1530. The molecule has 0 heterocycles. The van der Waals surface area contributed by atoms with E-state index in [4.69, 9.17) is 46.4 Å². The molecule has 1 N–H and O–H groups in total. The lowest BCUT2D eigenvalue weighted by Gasteiger charge is -2.33. The number of carbonyl (C=O) groups is 2. The summed E-state index contributed by atoms with van der Waals surface area (Å²) in [5.74, 6) is -0.793. The van der Waals surface area contributed by atoms with Crippen LogP contribution in [0.15, 0.2) is 65.6 Å². The van der Waals surface area contributed by atoms with E-state index in [1.807, 2.05) is 20.8 Å². The van der Waals surface area contributed by atoms with Gasteiger partial charge in [0.25, 0.3) is 10.0 Å². The van der Waals surface area contributed by atoms with Gasteiger partial charge in [0.1, 0.15) is 12.6 Å². The van der Waals surface area contributed by atoms with Gasteiger partial charge in [0.05, 0.1) is 25.7 Å². The number of nitrogens with one attached hydrogen (secondary N) is 1. The smallest absolute Gasteiger partial charge is 0.264 e. The largest absolute Gasteiger partial charge is 0.354 e. The van der Waals surface area contributed by atoms with Gasteiger partial charge in [0.2, 0.25) is 11.8 Å². The van der Waals surface area contributed by atoms with Crippen LogP contribution in [0.4, 0.5) is 5.69 Å². The highest BCUT2D eigenvalue weighted by molar-refractivity contribution is 7.92. The molecule has 0 saturated heterocycles. The molecule has 42 heavy (non-hydrogen) atoms. The van der Waals surface area contributed by atoms with Crippen LogP contribution in [0.1, 0.15) is 38.3 Å². The van der Waals surface area contributed by atoms with E-state index in [-0.39, 0.29) is 50.4 Å². The SMILES string of the molecule is CCC(C(=O)NCC(C)C)N(Cc1ccc(Cl)c(Cl)c1)C(=O)CN(c1cc(Cl)ccc1Cl)S(=O)(=O)c1ccc(C)cc1. The maximum atomic E-state index is 14.2. The molecule has 2 amide bonds. The Morgan fingerprint density at radius 2 is 1.52 bits per heavy atom. The van der Waals surface area contributed by atoms with Crippen LogP contribution in [0.25, 0.3) is 0 Å². The van der Waals surface area contributed by atoms with E-state index in [0.717, 1.165) is 9.87 Å². The molecule has 0 aromatic heterocycles. The van der Waals surface area contributed by atoms with Gasteiger partial charge in [-0.1, -0.05) is 90.9 Å². The van der Waals surface area contributed by atoms with E-state index in [1.165, 1.54) is 35.2 Å². The van der Waals surface area contributed by atoms with Gasteiger partial charge in [-0.2, -0.15) is 0 Å². The second-order valence-electron chi connectivity index (χ2n) is 10.3. The van der Waals surface area contributed by atoms with E-state index < -0.39 is 28.5 Å². The number of hydrogen-bond acceptors (Lipinski definition) is 4. The molecule has 0 aliphatic heterocycles. The summed E-state index contributed by atoms with van der Waals surface area (Å²) in [6, 6.07) is 14.6. The Balaban J connectivity index is 2.10. The number of amides is 2. The topological polar surface area (TPSA) is 86.8 Å². The molecule has 0 aliphatic carbocycles. The first-order chi connectivity index (χ1) is 19.7. The molecule has 3 aromatic carbocycles. The number of carbonyl (C=O) groups excluding carboxylic acids is 2. The van der Waals surface area contributed by atoms with Crippen molar-refractivity contribution in [2.75, 3.05) is 17.4 Å². The van der Waals surface area contributed by atoms with Gasteiger partial charge in [-0.25, -0.2) is 8.42 Å². The first kappa shape index (κ1) is 34.0. The summed E-state index contributed by atoms with van der Waals surface area (Å²) in [6.07, 6.45) is 0.277. The third-order valence-corrected chi connectivity index (χ3v) is 9.54. The fourth-order valence-electron chi connectivity index (χ4n) is 4.20. The lowest BCUT2D eigenvalue weighted by Crippen LogP contribution is -2.52. The molecule has 7 nitrogen and oxygen atoms in total. The summed E-state index contributed by atoms with van der Waals surface area (Å²) < 4.78 is 28.9. The lowest BCUT2D eigenvalue weighted by atomic mass is 10.1. The van der Waals surface area contributed by atoms with E-state index in [9.17, 15) is 18.0 Å². The second-order valence-corrected chi connectivity index (χ2v) is 13.8. The first-order valence-electron chi connectivity index (χ1n) is 13.3. The third-order valence-electron chi connectivity index (χ3n) is 6.47. The summed E-state index contributed by atoms with van der Waals surface area (Å²) in [7, 11) is -4.29. The second kappa shape index (κ2) is 14.8. The van der Waals surface area contributed by atoms with Crippen molar-refractivity contribution < 1.29 is 18.0 Å². The Hall–Kier alpha value is -2.49. The monoisotopic (exact) mass is 671 g/mol. The van der Waals surface area contributed by atoms with E-state index in [2.05, 4.69) is 5.32 Å². The summed E-state index contributed by atoms with van der Waals surface area (Å²) >= 11 is 25.0. The number of halogens is 4. The van der Waals surface area contributed by atoms with Crippen molar-refractivity contribution in [2.24, 2.45) is 5.92 Å². The van der Waals surface area contributed by atoms with Crippen LogP contribution >= 0.6 is 46.4 Å². The van der Waals surface area contributed by atoms with Crippen LogP contribution in [-0.2, 0) is 26.2 Å². The Morgan fingerprint density at radius 1 is 0.881 bits per heavy atom. The fraction of sp³-hybridized carbons (Fsp3) is 0.333. The molecule has 12 heteroatoms. The number of sulfonamides is 1. The zero-order valence-corrected chi connectivity index (χ0v) is 27.5. The number of benzene rings is 3. The molecule has 0 radical (unpaired) electrons. The number of rotatable bonds is 12. The third kappa shape index (κ3) is 8.54. The predicted molar refractivity (Wildman–Crippen MR) is 171 cm³/mol. The molecule has 0 fully saturated rings. The molecule has 0 aliphatic rings. The standard InChI is InChI=1S/C30H33Cl4N3O4S/c1-5-27(30(39)35-16-19(2)3)36(17-21-8-12-24(32)26(34)14-21)29(38)18-37(28-15-22(31)9-13-25(28)33)42(40,41)23-10-6-20(4)7-11-23/h6-15,19,27H,5,16-18H2,1-4H3,(H,35,39). The summed E-state index contributed by atoms with van der Waals surface area (Å²) in [5, 5.41) is 3.83. The van der Waals surface area contributed by atoms with Crippen molar-refractivity contribution in [2.45, 2.75) is 51.6 Å². The van der Waals surface area contributed by atoms with E-state index >= 15 is 0 Å². The van der Waals surface area contributed by atoms with Crippen molar-refractivity contribution in [3.63, 3.8) is 0 Å². The van der Waals surface area contributed by atoms with Crippen LogP contribution in [0, 0.1) is 12.8 Å². The maximum Gasteiger partial charge on any atom is 0.264 e. The molecule has 0 bridgehead atoms. The summed E-state index contributed by atoms with van der Waals surface area (Å²) in [5.41, 5.74) is 1.51. The van der Waals surface area contributed by atoms with Gasteiger partial charge in [-0.15, -0.1) is 0 Å². The van der Waals surface area contributed by atoms with Crippen LogP contribution in [0.5, 0.6) is 0 Å². The molecule has 226 valence electrons. The van der Waals surface area contributed by atoms with Gasteiger partial charge in [-0.05, 0) is 67.3 Å². The van der Waals surface area contributed by atoms with Gasteiger partial charge < -0.3 is 10.2 Å². The fourth-order valence-corrected chi connectivity index (χ4v) is 6.39. The molecule has 0 spiro atoms. The number of hydrogen-bond donors (Lipinski definition) is 1. The molecule has 1 atom stereocenters. The number of anilines is 1. The highest BCUT2D eigenvalue weighted by Gasteiger charge is 2.34. The van der Waals surface area contributed by atoms with Crippen molar-refractivity contribution in [1.82, 2.24) is 10.2 Å². The van der Waals surface area contributed by atoms with Crippen molar-refractivity contribution in [1.29, 1.82) is 0 Å². The molecule has 3 rings (SSSR count). The first-order valence-corrected chi connectivity index (χ1v) is 16.2. The van der Waals surface area contributed by atoms with Crippen LogP contribution in [0.3, 0.4) is 0 Å². The predicted octanol–water partition coefficient (Wildman–Crippen LogP) is 7.38. The highest BCUT2D eigenvalue weighted by Crippen LogP contribution is 2.33. The van der Waals surface area contributed by atoms with Crippen molar-refractivity contribution in [3.05, 3.63) is 91.9 Å². The van der Waals surface area contributed by atoms with Crippen molar-refractivity contribution >= 4 is 73.9 Å². The molecule has 0 saturated carbocycles. The average molecular weight is 673 g/mol. The average Bonchev–Trinajstić information content (AvgIpc) is 2.93. The van der Waals surface area contributed by atoms with E-state index in [1.54, 1.807) is 37.3 Å². The zero-order valence-electron chi connectivity index (χ0n) is 23.7.